The minimum absolute atomic E-state index is 0.0165. The van der Waals surface area contributed by atoms with Crippen LogP contribution in [0.4, 0.5) is 0 Å². The first kappa shape index (κ1) is 17.3. The molecule has 2 aromatic heterocycles. The molecule has 3 aromatic rings. The number of fused-ring (bicyclic) bond motifs is 1. The van der Waals surface area contributed by atoms with Crippen LogP contribution in [-0.2, 0) is 16.1 Å². The average molecular weight is 363 g/mol. The number of pyridine rings is 1. The number of hydrogen-bond acceptors (Lipinski definition) is 4. The lowest BCUT2D eigenvalue weighted by molar-refractivity contribution is -0.129. The smallest absolute Gasteiger partial charge is 0.226 e. The molecule has 6 nitrogen and oxygen atoms in total. The Balaban J connectivity index is 1.38. The maximum Gasteiger partial charge on any atom is 0.226 e. The SMILES string of the molecule is C[C@@H](NC(=O)[C@@H]1CC(=O)N(Cc2ccccn2)C1)c1cc2ccccc2o1. The number of nitrogens with zero attached hydrogens (tertiary/aromatic N) is 2. The molecule has 1 fully saturated rings. The summed E-state index contributed by atoms with van der Waals surface area (Å²) in [4.78, 5) is 30.8. The van der Waals surface area contributed by atoms with E-state index in [0.717, 1.165) is 16.7 Å². The molecule has 0 spiro atoms. The van der Waals surface area contributed by atoms with Crippen LogP contribution in [0.2, 0.25) is 0 Å². The zero-order chi connectivity index (χ0) is 18.8. The topological polar surface area (TPSA) is 75.4 Å². The number of para-hydroxylation sites is 1. The summed E-state index contributed by atoms with van der Waals surface area (Å²) in [6.45, 7) is 2.73. The second kappa shape index (κ2) is 7.23. The number of carbonyl (C=O) groups is 2. The lowest BCUT2D eigenvalue weighted by Crippen LogP contribution is -2.34. The van der Waals surface area contributed by atoms with Gasteiger partial charge in [0.1, 0.15) is 11.3 Å². The number of benzene rings is 1. The number of hydrogen-bond donors (Lipinski definition) is 1. The van der Waals surface area contributed by atoms with Gasteiger partial charge in [0.2, 0.25) is 11.8 Å². The molecule has 0 unspecified atom stereocenters. The van der Waals surface area contributed by atoms with Crippen molar-refractivity contribution in [2.75, 3.05) is 6.54 Å². The van der Waals surface area contributed by atoms with E-state index >= 15 is 0 Å². The van der Waals surface area contributed by atoms with Gasteiger partial charge in [-0.05, 0) is 31.2 Å². The molecular weight excluding hydrogens is 342 g/mol. The third-order valence-corrected chi connectivity index (χ3v) is 4.89. The Morgan fingerprint density at radius 3 is 2.89 bits per heavy atom. The van der Waals surface area contributed by atoms with Crippen molar-refractivity contribution in [3.63, 3.8) is 0 Å². The number of carbonyl (C=O) groups excluding carboxylic acids is 2. The van der Waals surface area contributed by atoms with Crippen molar-refractivity contribution >= 4 is 22.8 Å². The summed E-state index contributed by atoms with van der Waals surface area (Å²) in [6, 6.07) is 15.0. The Morgan fingerprint density at radius 1 is 1.30 bits per heavy atom. The first-order chi connectivity index (χ1) is 13.1. The highest BCUT2D eigenvalue weighted by Gasteiger charge is 2.35. The zero-order valence-corrected chi connectivity index (χ0v) is 15.1. The molecule has 27 heavy (non-hydrogen) atoms. The van der Waals surface area contributed by atoms with Gasteiger partial charge in [0.15, 0.2) is 0 Å². The standard InChI is InChI=1S/C21H21N3O3/c1-14(19-10-15-6-2-3-8-18(15)27-19)23-21(26)16-11-20(25)24(12-16)13-17-7-4-5-9-22-17/h2-10,14,16H,11-13H2,1H3,(H,23,26)/t14-,16-/m1/s1. The molecule has 6 heteroatoms. The lowest BCUT2D eigenvalue weighted by atomic mass is 10.1. The first-order valence-corrected chi connectivity index (χ1v) is 9.06. The number of rotatable bonds is 5. The normalized spacial score (nSPS) is 18.0. The van der Waals surface area contributed by atoms with Crippen molar-refractivity contribution in [2.24, 2.45) is 5.92 Å². The van der Waals surface area contributed by atoms with Gasteiger partial charge in [-0.2, -0.15) is 0 Å². The fourth-order valence-electron chi connectivity index (χ4n) is 3.41. The second-order valence-corrected chi connectivity index (χ2v) is 6.91. The van der Waals surface area contributed by atoms with Crippen molar-refractivity contribution in [1.82, 2.24) is 15.2 Å². The fraction of sp³-hybridized carbons (Fsp3) is 0.286. The van der Waals surface area contributed by atoms with Crippen LogP contribution in [-0.4, -0.2) is 28.2 Å². The maximum atomic E-state index is 12.6. The molecule has 4 rings (SSSR count). The number of amides is 2. The van der Waals surface area contributed by atoms with Gasteiger partial charge in [-0.25, -0.2) is 0 Å². The molecule has 0 bridgehead atoms. The van der Waals surface area contributed by atoms with Crippen LogP contribution < -0.4 is 5.32 Å². The van der Waals surface area contributed by atoms with E-state index in [4.69, 9.17) is 4.42 Å². The van der Waals surface area contributed by atoms with Gasteiger partial charge in [-0.3, -0.25) is 14.6 Å². The lowest BCUT2D eigenvalue weighted by Gasteiger charge is -2.17. The Bertz CT molecular complexity index is 934. The zero-order valence-electron chi connectivity index (χ0n) is 15.1. The highest BCUT2D eigenvalue weighted by molar-refractivity contribution is 5.89. The van der Waals surface area contributed by atoms with E-state index in [2.05, 4.69) is 10.3 Å². The molecular formula is C21H21N3O3. The Kier molecular flexibility index (Phi) is 4.62. The summed E-state index contributed by atoms with van der Waals surface area (Å²) in [6.07, 6.45) is 1.93. The molecule has 0 aliphatic carbocycles. The van der Waals surface area contributed by atoms with Gasteiger partial charge in [-0.15, -0.1) is 0 Å². The second-order valence-electron chi connectivity index (χ2n) is 6.91. The van der Waals surface area contributed by atoms with E-state index in [1.807, 2.05) is 55.5 Å². The Labute approximate surface area is 157 Å². The van der Waals surface area contributed by atoms with Gasteiger partial charge < -0.3 is 14.6 Å². The molecule has 2 atom stereocenters. The molecule has 2 amide bonds. The summed E-state index contributed by atoms with van der Waals surface area (Å²) in [5.41, 5.74) is 1.62. The van der Waals surface area contributed by atoms with Gasteiger partial charge in [0, 0.05) is 24.5 Å². The number of aromatic nitrogens is 1. The molecule has 1 aliphatic rings. The first-order valence-electron chi connectivity index (χ1n) is 9.06. The molecule has 138 valence electrons. The molecule has 1 aliphatic heterocycles. The molecule has 0 radical (unpaired) electrons. The molecule has 0 saturated carbocycles. The van der Waals surface area contributed by atoms with Gasteiger partial charge in [-0.1, -0.05) is 24.3 Å². The van der Waals surface area contributed by atoms with E-state index in [1.54, 1.807) is 11.1 Å². The minimum atomic E-state index is -0.354. The average Bonchev–Trinajstić information content (AvgIpc) is 3.26. The minimum Gasteiger partial charge on any atom is -0.459 e. The van der Waals surface area contributed by atoms with E-state index in [1.165, 1.54) is 0 Å². The van der Waals surface area contributed by atoms with Crippen LogP contribution in [0.3, 0.4) is 0 Å². The summed E-state index contributed by atoms with van der Waals surface area (Å²) in [5, 5.41) is 3.98. The highest BCUT2D eigenvalue weighted by Crippen LogP contribution is 2.25. The number of likely N-dealkylation sites (tertiary alicyclic amines) is 1. The van der Waals surface area contributed by atoms with E-state index < -0.39 is 0 Å². The van der Waals surface area contributed by atoms with Crippen LogP contribution in [0.1, 0.15) is 30.8 Å². The van der Waals surface area contributed by atoms with E-state index in [-0.39, 0.29) is 30.2 Å². The number of furan rings is 1. The van der Waals surface area contributed by atoms with Crippen molar-refractivity contribution < 1.29 is 14.0 Å². The third-order valence-electron chi connectivity index (χ3n) is 4.89. The molecule has 3 heterocycles. The molecule has 1 N–H and O–H groups in total. The van der Waals surface area contributed by atoms with Crippen molar-refractivity contribution in [2.45, 2.75) is 25.9 Å². The van der Waals surface area contributed by atoms with Crippen LogP contribution >= 0.6 is 0 Å². The Hall–Kier alpha value is -3.15. The quantitative estimate of drug-likeness (QED) is 0.756. The summed E-state index contributed by atoms with van der Waals surface area (Å²) in [5.74, 6) is 0.212. The van der Waals surface area contributed by atoms with Crippen molar-refractivity contribution in [3.8, 4) is 0 Å². The highest BCUT2D eigenvalue weighted by atomic mass is 16.3. The maximum absolute atomic E-state index is 12.6. The molecule has 1 aromatic carbocycles. The largest absolute Gasteiger partial charge is 0.459 e. The van der Waals surface area contributed by atoms with Crippen LogP contribution in [0.15, 0.2) is 59.1 Å². The fourth-order valence-corrected chi connectivity index (χ4v) is 3.41. The van der Waals surface area contributed by atoms with Gasteiger partial charge in [0.05, 0.1) is 24.2 Å². The monoisotopic (exact) mass is 363 g/mol. The van der Waals surface area contributed by atoms with Crippen LogP contribution in [0, 0.1) is 5.92 Å². The van der Waals surface area contributed by atoms with Crippen LogP contribution in [0.5, 0.6) is 0 Å². The van der Waals surface area contributed by atoms with Crippen molar-refractivity contribution in [1.29, 1.82) is 0 Å². The van der Waals surface area contributed by atoms with Gasteiger partial charge in [0.25, 0.3) is 0 Å². The Morgan fingerprint density at radius 2 is 2.11 bits per heavy atom. The van der Waals surface area contributed by atoms with Crippen LogP contribution in [0.25, 0.3) is 11.0 Å². The van der Waals surface area contributed by atoms with E-state index in [9.17, 15) is 9.59 Å². The van der Waals surface area contributed by atoms with Crippen molar-refractivity contribution in [3.05, 3.63) is 66.2 Å². The predicted molar refractivity (Wildman–Crippen MR) is 101 cm³/mol. The summed E-state index contributed by atoms with van der Waals surface area (Å²) >= 11 is 0. The number of nitrogens with one attached hydrogen (secondary N) is 1. The third kappa shape index (κ3) is 3.69. The summed E-state index contributed by atoms with van der Waals surface area (Å²) in [7, 11) is 0. The molecule has 1 saturated heterocycles. The predicted octanol–water partition coefficient (Wildman–Crippen LogP) is 3.05. The van der Waals surface area contributed by atoms with Gasteiger partial charge >= 0.3 is 0 Å². The van der Waals surface area contributed by atoms with E-state index in [0.29, 0.717) is 18.8 Å². The summed E-state index contributed by atoms with van der Waals surface area (Å²) < 4.78 is 5.81.